The van der Waals surface area contributed by atoms with Gasteiger partial charge >= 0.3 is 0 Å². The van der Waals surface area contributed by atoms with Crippen LogP contribution in [0.15, 0.2) is 102 Å². The lowest BCUT2D eigenvalue weighted by atomic mass is 9.81. The van der Waals surface area contributed by atoms with E-state index in [4.69, 9.17) is 0 Å². The minimum absolute atomic E-state index is 0.0326. The van der Waals surface area contributed by atoms with Crippen molar-refractivity contribution in [2.45, 2.75) is 0 Å². The van der Waals surface area contributed by atoms with E-state index in [1.54, 1.807) is 91.2 Å². The van der Waals surface area contributed by atoms with Crippen LogP contribution in [0, 0.1) is 10.1 Å². The van der Waals surface area contributed by atoms with Crippen LogP contribution in [0.2, 0.25) is 0 Å². The molecule has 0 spiro atoms. The first-order chi connectivity index (χ1) is 17.9. The average Bonchev–Trinajstić information content (AvgIpc) is 2.93. The number of aliphatic imine (C=N–C) groups is 1. The Morgan fingerprint density at radius 1 is 0.757 bits per heavy atom. The molecule has 5 rings (SSSR count). The summed E-state index contributed by atoms with van der Waals surface area (Å²) in [5.41, 5.74) is 3.14. The number of hydrogen-bond acceptors (Lipinski definition) is 6. The van der Waals surface area contributed by atoms with Crippen molar-refractivity contribution < 1.29 is 19.3 Å². The van der Waals surface area contributed by atoms with Crippen LogP contribution < -0.4 is 0 Å². The van der Waals surface area contributed by atoms with E-state index in [1.807, 2.05) is 0 Å². The van der Waals surface area contributed by atoms with Gasteiger partial charge in [-0.1, -0.05) is 78.9 Å². The molecule has 0 heterocycles. The molecule has 0 saturated heterocycles. The first-order valence-electron chi connectivity index (χ1n) is 11.3. The van der Waals surface area contributed by atoms with E-state index in [9.17, 15) is 24.5 Å². The normalized spacial score (nSPS) is 12.5. The highest BCUT2D eigenvalue weighted by Gasteiger charge is 2.32. The Kier molecular flexibility index (Phi) is 6.18. The Morgan fingerprint density at radius 2 is 1.41 bits per heavy atom. The van der Waals surface area contributed by atoms with Crippen molar-refractivity contribution in [2.24, 2.45) is 4.99 Å². The fourth-order valence-electron chi connectivity index (χ4n) is 4.14. The zero-order valence-corrected chi connectivity index (χ0v) is 19.3. The fourth-order valence-corrected chi connectivity index (χ4v) is 4.14. The first kappa shape index (κ1) is 23.4. The second-order valence-corrected chi connectivity index (χ2v) is 8.33. The van der Waals surface area contributed by atoms with Gasteiger partial charge in [0.2, 0.25) is 0 Å². The third-order valence-electron chi connectivity index (χ3n) is 5.98. The number of fused-ring (bicyclic) bond motifs is 2. The van der Waals surface area contributed by atoms with Crippen molar-refractivity contribution in [1.29, 1.82) is 0 Å². The molecule has 0 unspecified atom stereocenters. The number of hydrogen-bond donors (Lipinski definition) is 0. The van der Waals surface area contributed by atoms with Gasteiger partial charge in [0.1, 0.15) is 0 Å². The number of benzene rings is 4. The van der Waals surface area contributed by atoms with Gasteiger partial charge in [0, 0.05) is 46.2 Å². The van der Waals surface area contributed by atoms with Gasteiger partial charge in [-0.2, -0.15) is 0 Å². The number of carbonyl (C=O) groups excluding carboxylic acids is 3. The number of nitro benzene ring substituents is 1. The molecule has 0 atom stereocenters. The van der Waals surface area contributed by atoms with Crippen LogP contribution in [0.4, 0.5) is 11.4 Å². The van der Waals surface area contributed by atoms with Gasteiger partial charge < -0.3 is 0 Å². The van der Waals surface area contributed by atoms with Gasteiger partial charge in [0.25, 0.3) is 5.69 Å². The van der Waals surface area contributed by atoms with Gasteiger partial charge in [-0.25, -0.2) is 0 Å². The number of rotatable bonds is 6. The molecule has 0 aromatic heterocycles. The van der Waals surface area contributed by atoms with Gasteiger partial charge in [-0.3, -0.25) is 29.5 Å². The summed E-state index contributed by atoms with van der Waals surface area (Å²) in [7, 11) is 0. The second-order valence-electron chi connectivity index (χ2n) is 8.33. The molecule has 0 aliphatic heterocycles. The number of ketones is 3. The summed E-state index contributed by atoms with van der Waals surface area (Å²) >= 11 is 0. The minimum Gasteiger partial charge on any atom is -0.289 e. The molecule has 7 heteroatoms. The van der Waals surface area contributed by atoms with Crippen LogP contribution in [0.25, 0.3) is 6.08 Å². The molecule has 178 valence electrons. The van der Waals surface area contributed by atoms with Crippen LogP contribution >= 0.6 is 0 Å². The lowest BCUT2D eigenvalue weighted by molar-refractivity contribution is -0.384. The van der Waals surface area contributed by atoms with Crippen molar-refractivity contribution in [2.75, 3.05) is 0 Å². The number of nitrogens with zero attached hydrogens (tertiary/aromatic N) is 2. The topological polar surface area (TPSA) is 107 Å². The van der Waals surface area contributed by atoms with Crippen LogP contribution in [0.1, 0.15) is 53.3 Å². The highest BCUT2D eigenvalue weighted by atomic mass is 16.6. The Balaban J connectivity index is 1.34. The molecule has 0 bridgehead atoms. The lowest BCUT2D eigenvalue weighted by Crippen LogP contribution is -2.23. The Hall–Kier alpha value is -5.30. The van der Waals surface area contributed by atoms with E-state index in [0.29, 0.717) is 16.8 Å². The predicted molar refractivity (Wildman–Crippen MR) is 140 cm³/mol. The zero-order chi connectivity index (χ0) is 25.9. The van der Waals surface area contributed by atoms with Crippen LogP contribution in [0.3, 0.4) is 0 Å². The Labute approximate surface area is 211 Å². The van der Waals surface area contributed by atoms with Gasteiger partial charge in [-0.05, 0) is 23.3 Å². The summed E-state index contributed by atoms with van der Waals surface area (Å²) in [5, 5.41) is 10.9. The second kappa shape index (κ2) is 9.75. The summed E-state index contributed by atoms with van der Waals surface area (Å²) in [5.74, 6) is -0.991. The quantitative estimate of drug-likeness (QED) is 0.0959. The smallest absolute Gasteiger partial charge is 0.271 e. The molecule has 0 N–H and O–H groups in total. The molecule has 1 aliphatic carbocycles. The van der Waals surface area contributed by atoms with E-state index in [2.05, 4.69) is 4.99 Å². The molecule has 7 nitrogen and oxygen atoms in total. The van der Waals surface area contributed by atoms with Crippen molar-refractivity contribution in [3.05, 3.63) is 146 Å². The highest BCUT2D eigenvalue weighted by molar-refractivity contribution is 6.31. The number of non-ortho nitro benzene ring substituents is 1. The van der Waals surface area contributed by atoms with Gasteiger partial charge in [0.05, 0.1) is 10.6 Å². The third kappa shape index (κ3) is 4.66. The Bertz CT molecular complexity index is 1650. The molecular weight excluding hydrogens is 468 g/mol. The maximum absolute atomic E-state index is 13.1. The summed E-state index contributed by atoms with van der Waals surface area (Å²) in [6.45, 7) is 0. The molecular formula is C30H18N2O5. The Morgan fingerprint density at radius 3 is 2.14 bits per heavy atom. The number of allylic oxidation sites excluding steroid dienone is 1. The summed E-state index contributed by atoms with van der Waals surface area (Å²) in [4.78, 5) is 53.8. The van der Waals surface area contributed by atoms with Crippen LogP contribution in [-0.4, -0.2) is 28.5 Å². The van der Waals surface area contributed by atoms with E-state index >= 15 is 0 Å². The molecule has 4 aromatic carbocycles. The third-order valence-corrected chi connectivity index (χ3v) is 5.98. The maximum Gasteiger partial charge on any atom is 0.271 e. The summed E-state index contributed by atoms with van der Waals surface area (Å²) in [6.07, 6.45) is 4.60. The lowest BCUT2D eigenvalue weighted by Gasteiger charge is -2.19. The monoisotopic (exact) mass is 486 g/mol. The van der Waals surface area contributed by atoms with Crippen molar-refractivity contribution >= 4 is 41.0 Å². The minimum atomic E-state index is -0.473. The number of nitro groups is 1. The van der Waals surface area contributed by atoms with Gasteiger partial charge in [-0.15, -0.1) is 0 Å². The standard InChI is InChI=1S/C30H18N2O5/c33-27(25-9-4-10-26-28(25)30(35)24-8-2-1-7-23(24)29(26)34)16-15-19-11-13-20(14-12-19)18-31-21-5-3-6-22(17-21)32(36)37/h1-18H/b16-15+,31-18?. The van der Waals surface area contributed by atoms with E-state index < -0.39 is 4.92 Å². The van der Waals surface area contributed by atoms with E-state index in [1.165, 1.54) is 18.2 Å². The largest absolute Gasteiger partial charge is 0.289 e. The molecule has 1 aliphatic rings. The SMILES string of the molecule is O=C(/C=C/c1ccc(C=Nc2cccc([N+](=O)[O-])c2)cc1)c1cccc2c1C(=O)c1ccccc1C2=O. The molecule has 0 saturated carbocycles. The molecule has 0 fully saturated rings. The van der Waals surface area contributed by atoms with Crippen LogP contribution in [0.5, 0.6) is 0 Å². The zero-order valence-electron chi connectivity index (χ0n) is 19.3. The highest BCUT2D eigenvalue weighted by Crippen LogP contribution is 2.30. The summed E-state index contributed by atoms with van der Waals surface area (Å²) in [6, 6.07) is 24.6. The van der Waals surface area contributed by atoms with E-state index in [-0.39, 0.29) is 39.7 Å². The fraction of sp³-hybridized carbons (Fsp3) is 0. The molecule has 0 amide bonds. The van der Waals surface area contributed by atoms with Crippen molar-refractivity contribution in [3.8, 4) is 0 Å². The van der Waals surface area contributed by atoms with Crippen LogP contribution in [-0.2, 0) is 0 Å². The molecule has 4 aromatic rings. The van der Waals surface area contributed by atoms with Gasteiger partial charge in [0.15, 0.2) is 17.3 Å². The van der Waals surface area contributed by atoms with Crippen molar-refractivity contribution in [1.82, 2.24) is 0 Å². The predicted octanol–water partition coefficient (Wildman–Crippen LogP) is 6.02. The first-order valence-corrected chi connectivity index (χ1v) is 11.3. The molecule has 37 heavy (non-hydrogen) atoms. The average molecular weight is 486 g/mol. The van der Waals surface area contributed by atoms with Crippen molar-refractivity contribution in [3.63, 3.8) is 0 Å². The van der Waals surface area contributed by atoms with E-state index in [0.717, 1.165) is 11.1 Å². The maximum atomic E-state index is 13.1. The molecule has 0 radical (unpaired) electrons. The summed E-state index contributed by atoms with van der Waals surface area (Å²) < 4.78 is 0. The number of carbonyl (C=O) groups is 3.